The summed E-state index contributed by atoms with van der Waals surface area (Å²) in [5, 5.41) is 9.25. The fraction of sp³-hybridized carbons (Fsp3) is 0.235. The minimum atomic E-state index is -0.580. The normalized spacial score (nSPS) is 11.9. The van der Waals surface area contributed by atoms with Gasteiger partial charge in [-0.05, 0) is 29.7 Å². The predicted molar refractivity (Wildman–Crippen MR) is 82.7 cm³/mol. The molecule has 0 fully saturated rings. The van der Waals surface area contributed by atoms with Crippen molar-refractivity contribution in [1.29, 1.82) is 0 Å². The largest absolute Gasteiger partial charge is 0.508 e. The highest BCUT2D eigenvalue weighted by molar-refractivity contribution is 5.81. The summed E-state index contributed by atoms with van der Waals surface area (Å²) in [6, 6.07) is 16.0. The molecule has 1 atom stereocenters. The fourth-order valence-electron chi connectivity index (χ4n) is 2.19. The zero-order valence-corrected chi connectivity index (χ0v) is 12.1. The molecule has 2 aromatic carbocycles. The van der Waals surface area contributed by atoms with E-state index < -0.39 is 6.04 Å². The van der Waals surface area contributed by atoms with E-state index in [0.717, 1.165) is 11.1 Å². The van der Waals surface area contributed by atoms with Gasteiger partial charge in [0.25, 0.3) is 0 Å². The Hall–Kier alpha value is -2.33. The predicted octanol–water partition coefficient (Wildman–Crippen LogP) is 1.92. The molecular weight excluding hydrogens is 264 g/mol. The SMILES string of the molecule is CN(Cc1ccccc1)C(=O)[C@H](N)Cc1ccc(O)cc1. The molecule has 0 aliphatic carbocycles. The summed E-state index contributed by atoms with van der Waals surface area (Å²) in [6.45, 7) is 0.545. The van der Waals surface area contributed by atoms with E-state index in [1.54, 1.807) is 36.2 Å². The highest BCUT2D eigenvalue weighted by atomic mass is 16.3. The lowest BCUT2D eigenvalue weighted by Crippen LogP contribution is -2.42. The smallest absolute Gasteiger partial charge is 0.239 e. The number of carbonyl (C=O) groups excluding carboxylic acids is 1. The van der Waals surface area contributed by atoms with Crippen molar-refractivity contribution in [1.82, 2.24) is 4.90 Å². The van der Waals surface area contributed by atoms with E-state index in [4.69, 9.17) is 5.73 Å². The third kappa shape index (κ3) is 4.33. The second kappa shape index (κ2) is 6.90. The Morgan fingerprint density at radius 1 is 1.10 bits per heavy atom. The molecule has 3 N–H and O–H groups in total. The summed E-state index contributed by atoms with van der Waals surface area (Å²) in [5.74, 6) is 0.117. The highest BCUT2D eigenvalue weighted by Gasteiger charge is 2.18. The first kappa shape index (κ1) is 15.1. The Morgan fingerprint density at radius 2 is 1.71 bits per heavy atom. The van der Waals surface area contributed by atoms with Gasteiger partial charge >= 0.3 is 0 Å². The molecule has 0 unspecified atom stereocenters. The maximum Gasteiger partial charge on any atom is 0.239 e. The van der Waals surface area contributed by atoms with Crippen LogP contribution in [0.2, 0.25) is 0 Å². The number of aromatic hydroxyl groups is 1. The number of phenols is 1. The Morgan fingerprint density at radius 3 is 2.33 bits per heavy atom. The van der Waals surface area contributed by atoms with Crippen LogP contribution in [0.15, 0.2) is 54.6 Å². The summed E-state index contributed by atoms with van der Waals surface area (Å²) in [6.07, 6.45) is 0.457. The number of nitrogens with zero attached hydrogens (tertiary/aromatic N) is 1. The van der Waals surface area contributed by atoms with Gasteiger partial charge in [-0.25, -0.2) is 0 Å². The molecular formula is C17H20N2O2. The second-order valence-corrected chi connectivity index (χ2v) is 5.16. The van der Waals surface area contributed by atoms with Crippen LogP contribution in [0.4, 0.5) is 0 Å². The van der Waals surface area contributed by atoms with E-state index in [-0.39, 0.29) is 11.7 Å². The fourth-order valence-corrected chi connectivity index (χ4v) is 2.19. The first-order chi connectivity index (χ1) is 10.1. The van der Waals surface area contributed by atoms with Crippen molar-refractivity contribution >= 4 is 5.91 Å². The number of likely N-dealkylation sites (N-methyl/N-ethyl adjacent to an activating group) is 1. The number of benzene rings is 2. The molecule has 4 heteroatoms. The first-order valence-corrected chi connectivity index (χ1v) is 6.88. The van der Waals surface area contributed by atoms with Crippen LogP contribution in [-0.4, -0.2) is 29.0 Å². The lowest BCUT2D eigenvalue weighted by molar-refractivity contribution is -0.131. The number of hydrogen-bond acceptors (Lipinski definition) is 3. The minimum Gasteiger partial charge on any atom is -0.508 e. The quantitative estimate of drug-likeness (QED) is 0.881. The average molecular weight is 284 g/mol. The molecule has 0 heterocycles. The van der Waals surface area contributed by atoms with Crippen molar-refractivity contribution in [3.63, 3.8) is 0 Å². The molecule has 0 aliphatic rings. The van der Waals surface area contributed by atoms with Gasteiger partial charge < -0.3 is 15.7 Å². The molecule has 0 aromatic heterocycles. The summed E-state index contributed by atoms with van der Waals surface area (Å²) in [5.41, 5.74) is 7.99. The Bertz CT molecular complexity index is 581. The van der Waals surface area contributed by atoms with Crippen LogP contribution >= 0.6 is 0 Å². The van der Waals surface area contributed by atoms with Crippen LogP contribution in [-0.2, 0) is 17.8 Å². The molecule has 0 bridgehead atoms. The molecule has 2 rings (SSSR count). The Balaban J connectivity index is 1.93. The van der Waals surface area contributed by atoms with Gasteiger partial charge in [-0.1, -0.05) is 42.5 Å². The van der Waals surface area contributed by atoms with E-state index >= 15 is 0 Å². The third-order valence-corrected chi connectivity index (χ3v) is 3.35. The van der Waals surface area contributed by atoms with Crippen LogP contribution in [0.25, 0.3) is 0 Å². The van der Waals surface area contributed by atoms with Crippen molar-refractivity contribution in [2.45, 2.75) is 19.0 Å². The first-order valence-electron chi connectivity index (χ1n) is 6.88. The van der Waals surface area contributed by atoms with Crippen LogP contribution in [0.5, 0.6) is 5.75 Å². The zero-order valence-electron chi connectivity index (χ0n) is 12.1. The van der Waals surface area contributed by atoms with Crippen LogP contribution < -0.4 is 5.73 Å². The standard InChI is InChI=1S/C17H20N2O2/c1-19(12-14-5-3-2-4-6-14)17(21)16(18)11-13-7-9-15(20)10-8-13/h2-10,16,20H,11-12,18H2,1H3/t16-/m1/s1. The van der Waals surface area contributed by atoms with Crippen molar-refractivity contribution in [3.8, 4) is 5.75 Å². The van der Waals surface area contributed by atoms with E-state index in [0.29, 0.717) is 13.0 Å². The molecule has 2 aromatic rings. The lowest BCUT2D eigenvalue weighted by atomic mass is 10.1. The van der Waals surface area contributed by atoms with Crippen LogP contribution in [0, 0.1) is 0 Å². The monoisotopic (exact) mass is 284 g/mol. The number of amides is 1. The minimum absolute atomic E-state index is 0.0908. The van der Waals surface area contributed by atoms with Gasteiger partial charge in [0.05, 0.1) is 6.04 Å². The maximum absolute atomic E-state index is 12.3. The number of hydrogen-bond donors (Lipinski definition) is 2. The molecule has 1 amide bonds. The molecule has 4 nitrogen and oxygen atoms in total. The van der Waals surface area contributed by atoms with Gasteiger partial charge in [0.2, 0.25) is 5.91 Å². The van der Waals surface area contributed by atoms with Gasteiger partial charge in [-0.2, -0.15) is 0 Å². The number of carbonyl (C=O) groups is 1. The molecule has 0 spiro atoms. The van der Waals surface area contributed by atoms with Crippen molar-refractivity contribution in [2.24, 2.45) is 5.73 Å². The Labute approximate surface area is 124 Å². The lowest BCUT2D eigenvalue weighted by Gasteiger charge is -2.21. The third-order valence-electron chi connectivity index (χ3n) is 3.35. The molecule has 0 saturated heterocycles. The molecule has 0 radical (unpaired) electrons. The highest BCUT2D eigenvalue weighted by Crippen LogP contribution is 2.12. The second-order valence-electron chi connectivity index (χ2n) is 5.16. The van der Waals surface area contributed by atoms with Crippen molar-refractivity contribution in [2.75, 3.05) is 7.05 Å². The number of phenolic OH excluding ortho intramolecular Hbond substituents is 1. The number of nitrogens with two attached hydrogens (primary N) is 1. The number of rotatable bonds is 5. The van der Waals surface area contributed by atoms with Crippen LogP contribution in [0.1, 0.15) is 11.1 Å². The van der Waals surface area contributed by atoms with E-state index in [1.807, 2.05) is 30.3 Å². The van der Waals surface area contributed by atoms with Gasteiger partial charge in [-0.3, -0.25) is 4.79 Å². The summed E-state index contributed by atoms with van der Waals surface area (Å²) in [7, 11) is 1.76. The van der Waals surface area contributed by atoms with Crippen molar-refractivity contribution in [3.05, 3.63) is 65.7 Å². The molecule has 21 heavy (non-hydrogen) atoms. The van der Waals surface area contributed by atoms with E-state index in [1.165, 1.54) is 0 Å². The summed E-state index contributed by atoms with van der Waals surface area (Å²) >= 11 is 0. The topological polar surface area (TPSA) is 66.6 Å². The van der Waals surface area contributed by atoms with Crippen molar-refractivity contribution < 1.29 is 9.90 Å². The summed E-state index contributed by atoms with van der Waals surface area (Å²) < 4.78 is 0. The summed E-state index contributed by atoms with van der Waals surface area (Å²) in [4.78, 5) is 13.9. The molecule has 0 aliphatic heterocycles. The van der Waals surface area contributed by atoms with E-state index in [2.05, 4.69) is 0 Å². The average Bonchev–Trinajstić information content (AvgIpc) is 2.49. The van der Waals surface area contributed by atoms with Gasteiger partial charge in [0, 0.05) is 13.6 Å². The van der Waals surface area contributed by atoms with Gasteiger partial charge in [0.15, 0.2) is 0 Å². The maximum atomic E-state index is 12.3. The molecule has 0 saturated carbocycles. The zero-order chi connectivity index (χ0) is 15.2. The van der Waals surface area contributed by atoms with Gasteiger partial charge in [-0.15, -0.1) is 0 Å². The van der Waals surface area contributed by atoms with Crippen LogP contribution in [0.3, 0.4) is 0 Å². The van der Waals surface area contributed by atoms with Gasteiger partial charge in [0.1, 0.15) is 5.75 Å². The Kier molecular flexibility index (Phi) is 4.95. The molecule has 110 valence electrons. The van der Waals surface area contributed by atoms with E-state index in [9.17, 15) is 9.90 Å².